The SMILES string of the molecule is CCNC(=O)c1c(NC[C@H](N)Cc2ccccc2)nc(/C=N/O)n1Cc1ccc(O)c(Cl)c1. The molecule has 0 aliphatic carbocycles. The van der Waals surface area contributed by atoms with Crippen LogP contribution < -0.4 is 16.4 Å². The number of anilines is 1. The molecule has 33 heavy (non-hydrogen) atoms. The molecule has 174 valence electrons. The van der Waals surface area contributed by atoms with E-state index < -0.39 is 0 Å². The van der Waals surface area contributed by atoms with Crippen molar-refractivity contribution in [2.45, 2.75) is 25.9 Å². The maximum Gasteiger partial charge on any atom is 0.271 e. The number of aromatic nitrogens is 2. The highest BCUT2D eigenvalue weighted by Gasteiger charge is 2.23. The number of oxime groups is 1. The van der Waals surface area contributed by atoms with Gasteiger partial charge in [-0.15, -0.1) is 0 Å². The number of rotatable bonds is 10. The van der Waals surface area contributed by atoms with Crippen molar-refractivity contribution in [3.63, 3.8) is 0 Å². The summed E-state index contributed by atoms with van der Waals surface area (Å²) in [5.41, 5.74) is 8.39. The molecule has 3 rings (SSSR count). The lowest BCUT2D eigenvalue weighted by molar-refractivity contribution is 0.0947. The van der Waals surface area contributed by atoms with E-state index in [-0.39, 0.29) is 40.8 Å². The van der Waals surface area contributed by atoms with Crippen molar-refractivity contribution in [1.82, 2.24) is 14.9 Å². The number of phenolic OH excluding ortho intramolecular Hbond substituents is 1. The summed E-state index contributed by atoms with van der Waals surface area (Å²) in [5, 5.41) is 28.1. The van der Waals surface area contributed by atoms with E-state index in [0.717, 1.165) is 17.3 Å². The van der Waals surface area contributed by atoms with E-state index >= 15 is 0 Å². The summed E-state index contributed by atoms with van der Waals surface area (Å²) in [4.78, 5) is 17.4. The number of carbonyl (C=O) groups is 1. The average molecular weight is 471 g/mol. The molecule has 0 spiro atoms. The zero-order valence-corrected chi connectivity index (χ0v) is 19.0. The van der Waals surface area contributed by atoms with Crippen LogP contribution >= 0.6 is 11.6 Å². The number of phenols is 1. The van der Waals surface area contributed by atoms with Crippen LogP contribution in [-0.2, 0) is 13.0 Å². The van der Waals surface area contributed by atoms with Crippen LogP contribution in [-0.4, -0.2) is 51.1 Å². The van der Waals surface area contributed by atoms with Gasteiger partial charge in [-0.2, -0.15) is 0 Å². The summed E-state index contributed by atoms with van der Waals surface area (Å²) in [7, 11) is 0. The van der Waals surface area contributed by atoms with Gasteiger partial charge in [0.25, 0.3) is 5.91 Å². The van der Waals surface area contributed by atoms with Crippen LogP contribution in [0.25, 0.3) is 0 Å². The number of halogens is 1. The maximum absolute atomic E-state index is 12.9. The molecule has 0 bridgehead atoms. The molecule has 3 aromatic rings. The Morgan fingerprint density at radius 2 is 2.03 bits per heavy atom. The van der Waals surface area contributed by atoms with E-state index in [9.17, 15) is 9.90 Å². The first-order chi connectivity index (χ1) is 15.9. The number of aromatic hydroxyl groups is 1. The minimum absolute atomic E-state index is 0.0399. The van der Waals surface area contributed by atoms with E-state index in [0.29, 0.717) is 25.3 Å². The predicted octanol–water partition coefficient (Wildman–Crippen LogP) is 2.83. The van der Waals surface area contributed by atoms with Crippen LogP contribution in [0.3, 0.4) is 0 Å². The fourth-order valence-corrected chi connectivity index (χ4v) is 3.63. The molecule has 0 fully saturated rings. The zero-order chi connectivity index (χ0) is 23.8. The van der Waals surface area contributed by atoms with Gasteiger partial charge in [0.2, 0.25) is 0 Å². The van der Waals surface area contributed by atoms with Crippen LogP contribution in [0.4, 0.5) is 5.82 Å². The van der Waals surface area contributed by atoms with Crippen molar-refractivity contribution in [2.75, 3.05) is 18.4 Å². The maximum atomic E-state index is 12.9. The summed E-state index contributed by atoms with van der Waals surface area (Å²) in [6.45, 7) is 2.82. The van der Waals surface area contributed by atoms with Gasteiger partial charge in [-0.3, -0.25) is 4.79 Å². The van der Waals surface area contributed by atoms with Gasteiger partial charge in [0.05, 0.1) is 11.6 Å². The van der Waals surface area contributed by atoms with Gasteiger partial charge < -0.3 is 31.2 Å². The minimum atomic E-state index is -0.341. The molecule has 1 heterocycles. The van der Waals surface area contributed by atoms with Gasteiger partial charge in [0, 0.05) is 19.1 Å². The molecule has 0 saturated heterocycles. The fourth-order valence-electron chi connectivity index (χ4n) is 3.43. The van der Waals surface area contributed by atoms with Crippen molar-refractivity contribution >= 4 is 29.5 Å². The Balaban J connectivity index is 1.90. The Morgan fingerprint density at radius 3 is 2.70 bits per heavy atom. The smallest absolute Gasteiger partial charge is 0.271 e. The molecule has 0 unspecified atom stereocenters. The molecule has 0 aliphatic heterocycles. The van der Waals surface area contributed by atoms with Gasteiger partial charge >= 0.3 is 0 Å². The molecule has 6 N–H and O–H groups in total. The molecule has 1 aromatic heterocycles. The topological polar surface area (TPSA) is 138 Å². The normalized spacial score (nSPS) is 12.1. The molecule has 0 saturated carbocycles. The molecule has 9 nitrogen and oxygen atoms in total. The summed E-state index contributed by atoms with van der Waals surface area (Å²) in [6.07, 6.45) is 1.81. The highest BCUT2D eigenvalue weighted by molar-refractivity contribution is 6.32. The minimum Gasteiger partial charge on any atom is -0.506 e. The third kappa shape index (κ3) is 6.24. The summed E-state index contributed by atoms with van der Waals surface area (Å²) >= 11 is 6.04. The average Bonchev–Trinajstić information content (AvgIpc) is 3.13. The molecule has 2 aromatic carbocycles. The molecule has 1 atom stereocenters. The number of carbonyl (C=O) groups excluding carboxylic acids is 1. The predicted molar refractivity (Wildman–Crippen MR) is 128 cm³/mol. The number of nitrogens with two attached hydrogens (primary N) is 1. The number of imidazole rings is 1. The van der Waals surface area contributed by atoms with Crippen molar-refractivity contribution in [3.05, 3.63) is 76.2 Å². The lowest BCUT2D eigenvalue weighted by Crippen LogP contribution is -2.32. The second-order valence-electron chi connectivity index (χ2n) is 7.47. The number of amides is 1. The monoisotopic (exact) mass is 470 g/mol. The number of hydrogen-bond donors (Lipinski definition) is 5. The molecule has 1 amide bonds. The van der Waals surface area contributed by atoms with Crippen molar-refractivity contribution in [1.29, 1.82) is 0 Å². The van der Waals surface area contributed by atoms with Crippen LogP contribution in [0.1, 0.15) is 34.4 Å². The number of benzene rings is 2. The third-order valence-electron chi connectivity index (χ3n) is 4.95. The zero-order valence-electron chi connectivity index (χ0n) is 18.2. The number of nitrogens with zero attached hydrogens (tertiary/aromatic N) is 3. The van der Waals surface area contributed by atoms with E-state index in [4.69, 9.17) is 22.5 Å². The van der Waals surface area contributed by atoms with Crippen LogP contribution in [0, 0.1) is 0 Å². The van der Waals surface area contributed by atoms with Crippen LogP contribution in [0.5, 0.6) is 5.75 Å². The summed E-state index contributed by atoms with van der Waals surface area (Å²) < 4.78 is 1.61. The van der Waals surface area contributed by atoms with Crippen molar-refractivity contribution < 1.29 is 15.1 Å². The first kappa shape index (κ1) is 24.1. The van der Waals surface area contributed by atoms with Gasteiger partial charge in [0.1, 0.15) is 12.0 Å². The van der Waals surface area contributed by atoms with Crippen LogP contribution in [0.15, 0.2) is 53.7 Å². The second-order valence-corrected chi connectivity index (χ2v) is 7.88. The largest absolute Gasteiger partial charge is 0.506 e. The van der Waals surface area contributed by atoms with Crippen LogP contribution in [0.2, 0.25) is 5.02 Å². The molecule has 10 heteroatoms. The standard InChI is InChI=1S/C23H27ClN6O3/c1-2-26-23(32)21-22(27-12-17(25)10-15-6-4-3-5-7-15)29-20(13-28-33)30(21)14-16-8-9-19(31)18(24)11-16/h3-9,11,13,17,27,31,33H,2,10,12,14,25H2,1H3,(H,26,32)/b28-13+/t17-/m1/s1. The third-order valence-corrected chi connectivity index (χ3v) is 5.25. The molecule has 0 aliphatic rings. The van der Waals surface area contributed by atoms with Gasteiger partial charge in [0.15, 0.2) is 17.3 Å². The summed E-state index contributed by atoms with van der Waals surface area (Å²) in [5.74, 6) is 0.208. The first-order valence-electron chi connectivity index (χ1n) is 10.5. The van der Waals surface area contributed by atoms with Crippen molar-refractivity contribution in [3.8, 4) is 5.75 Å². The first-order valence-corrected chi connectivity index (χ1v) is 10.9. The highest BCUT2D eigenvalue weighted by atomic mass is 35.5. The molecular formula is C23H27ClN6O3. The lowest BCUT2D eigenvalue weighted by Gasteiger charge is -2.15. The number of hydrogen-bond acceptors (Lipinski definition) is 7. The van der Waals surface area contributed by atoms with E-state index in [1.54, 1.807) is 16.7 Å². The molecule has 0 radical (unpaired) electrons. The Hall–Kier alpha value is -3.56. The lowest BCUT2D eigenvalue weighted by atomic mass is 10.1. The van der Waals surface area contributed by atoms with Gasteiger partial charge in [-0.05, 0) is 36.6 Å². The quantitative estimate of drug-likeness (QED) is 0.175. The van der Waals surface area contributed by atoms with Gasteiger partial charge in [-0.1, -0.05) is 53.2 Å². The van der Waals surface area contributed by atoms with E-state index in [1.165, 1.54) is 6.07 Å². The summed E-state index contributed by atoms with van der Waals surface area (Å²) in [6, 6.07) is 14.4. The van der Waals surface area contributed by atoms with Crippen molar-refractivity contribution in [2.24, 2.45) is 10.9 Å². The Kier molecular flexibility index (Phi) is 8.28. The Labute approximate surface area is 196 Å². The molecular weight excluding hydrogens is 444 g/mol. The Morgan fingerprint density at radius 1 is 1.27 bits per heavy atom. The van der Waals surface area contributed by atoms with Gasteiger partial charge in [-0.25, -0.2) is 4.98 Å². The second kappa shape index (κ2) is 11.3. The number of nitrogens with one attached hydrogen (secondary N) is 2. The fraction of sp³-hybridized carbons (Fsp3) is 0.261. The van der Waals surface area contributed by atoms with E-state index in [2.05, 4.69) is 20.8 Å². The highest BCUT2D eigenvalue weighted by Crippen LogP contribution is 2.25. The Bertz CT molecular complexity index is 1120. The van der Waals surface area contributed by atoms with E-state index in [1.807, 2.05) is 37.3 Å².